The third-order valence-corrected chi connectivity index (χ3v) is 3.42. The summed E-state index contributed by atoms with van der Waals surface area (Å²) in [5, 5.41) is 0. The van der Waals surface area contributed by atoms with Crippen LogP contribution in [0.1, 0.15) is 55.5 Å². The van der Waals surface area contributed by atoms with E-state index in [-0.39, 0.29) is 0 Å². The molecule has 1 atom stereocenters. The van der Waals surface area contributed by atoms with Crippen LogP contribution in [0.5, 0.6) is 5.75 Å². The Labute approximate surface area is 116 Å². The first-order chi connectivity index (χ1) is 9.08. The smallest absolute Gasteiger partial charge is 0.252 e. The van der Waals surface area contributed by atoms with Crippen LogP contribution in [-0.4, -0.2) is 12.5 Å². The second-order valence-corrected chi connectivity index (χ2v) is 5.09. The molecule has 0 heterocycles. The van der Waals surface area contributed by atoms with E-state index >= 15 is 0 Å². The van der Waals surface area contributed by atoms with Crippen molar-refractivity contribution >= 4 is 5.91 Å². The van der Waals surface area contributed by atoms with E-state index in [4.69, 9.17) is 10.5 Å². The molecule has 0 aliphatic rings. The second-order valence-electron chi connectivity index (χ2n) is 5.09. The molecule has 0 aliphatic heterocycles. The molecule has 3 nitrogen and oxygen atoms in total. The molecule has 0 fully saturated rings. The summed E-state index contributed by atoms with van der Waals surface area (Å²) in [7, 11) is 0. The number of hydrogen-bond donors (Lipinski definition) is 1. The zero-order valence-corrected chi connectivity index (χ0v) is 12.2. The fourth-order valence-corrected chi connectivity index (χ4v) is 2.06. The highest BCUT2D eigenvalue weighted by Crippen LogP contribution is 2.22. The number of ether oxygens (including phenoxy) is 1. The van der Waals surface area contributed by atoms with Crippen molar-refractivity contribution in [2.24, 2.45) is 11.7 Å². The van der Waals surface area contributed by atoms with E-state index in [2.05, 4.69) is 13.8 Å². The van der Waals surface area contributed by atoms with Crippen LogP contribution in [0.3, 0.4) is 0 Å². The number of hydrogen-bond acceptors (Lipinski definition) is 2. The van der Waals surface area contributed by atoms with Gasteiger partial charge in [0.25, 0.3) is 5.91 Å². The molecular formula is C16H25NO2. The zero-order chi connectivity index (χ0) is 14.3. The number of rotatable bonds is 8. The molecule has 1 aromatic rings. The maximum atomic E-state index is 11.4. The van der Waals surface area contributed by atoms with Gasteiger partial charge in [-0.1, -0.05) is 39.2 Å². The molecule has 19 heavy (non-hydrogen) atoms. The number of unbranched alkanes of at least 4 members (excludes halogenated alkanes) is 1. The lowest BCUT2D eigenvalue weighted by molar-refractivity contribution is 0.0995. The van der Waals surface area contributed by atoms with E-state index < -0.39 is 5.91 Å². The van der Waals surface area contributed by atoms with E-state index in [1.54, 1.807) is 6.07 Å². The van der Waals surface area contributed by atoms with E-state index in [1.807, 2.05) is 19.1 Å². The second kappa shape index (κ2) is 7.82. The molecule has 0 bridgehead atoms. The molecule has 0 spiro atoms. The normalized spacial score (nSPS) is 12.2. The van der Waals surface area contributed by atoms with Crippen molar-refractivity contribution in [2.45, 2.75) is 46.5 Å². The number of nitrogens with two attached hydrogens (primary N) is 1. The van der Waals surface area contributed by atoms with Crippen LogP contribution in [0.2, 0.25) is 0 Å². The Bertz CT molecular complexity index is 415. The molecule has 0 saturated carbocycles. The van der Waals surface area contributed by atoms with Crippen LogP contribution in [0.15, 0.2) is 18.2 Å². The summed E-state index contributed by atoms with van der Waals surface area (Å²) in [6, 6.07) is 5.49. The van der Waals surface area contributed by atoms with Gasteiger partial charge in [0, 0.05) is 0 Å². The number of aryl methyl sites for hydroxylation is 1. The van der Waals surface area contributed by atoms with Crippen LogP contribution in [0, 0.1) is 12.8 Å². The standard InChI is InChI=1S/C16H25NO2/c1-4-6-7-13(5-2)11-19-15-10-12(3)8-9-14(15)16(17)18/h8-10,13H,4-7,11H2,1-3H3,(H2,17,18). The summed E-state index contributed by atoms with van der Waals surface area (Å²) in [5.41, 5.74) is 6.90. The van der Waals surface area contributed by atoms with Crippen LogP contribution < -0.4 is 10.5 Å². The van der Waals surface area contributed by atoms with Crippen molar-refractivity contribution in [3.63, 3.8) is 0 Å². The lowest BCUT2D eigenvalue weighted by Crippen LogP contribution is -2.16. The van der Waals surface area contributed by atoms with Gasteiger partial charge in [0.2, 0.25) is 0 Å². The van der Waals surface area contributed by atoms with Crippen molar-refractivity contribution in [3.8, 4) is 5.75 Å². The summed E-state index contributed by atoms with van der Waals surface area (Å²) >= 11 is 0. The first kappa shape index (κ1) is 15.5. The molecule has 1 unspecified atom stereocenters. The largest absolute Gasteiger partial charge is 0.492 e. The molecule has 3 heteroatoms. The number of carbonyl (C=O) groups is 1. The summed E-state index contributed by atoms with van der Waals surface area (Å²) in [5.74, 6) is 0.722. The van der Waals surface area contributed by atoms with E-state index in [1.165, 1.54) is 19.3 Å². The highest BCUT2D eigenvalue weighted by atomic mass is 16.5. The minimum atomic E-state index is -0.434. The Morgan fingerprint density at radius 1 is 1.37 bits per heavy atom. The van der Waals surface area contributed by atoms with E-state index in [0.717, 1.165) is 12.0 Å². The molecule has 1 aromatic carbocycles. The van der Waals surface area contributed by atoms with Gasteiger partial charge in [-0.15, -0.1) is 0 Å². The molecule has 2 N–H and O–H groups in total. The highest BCUT2D eigenvalue weighted by molar-refractivity contribution is 5.95. The Kier molecular flexibility index (Phi) is 6.40. The van der Waals surface area contributed by atoms with Gasteiger partial charge < -0.3 is 10.5 Å². The lowest BCUT2D eigenvalue weighted by Gasteiger charge is -2.17. The minimum Gasteiger partial charge on any atom is -0.492 e. The molecule has 0 saturated heterocycles. The van der Waals surface area contributed by atoms with Gasteiger partial charge in [-0.05, 0) is 37.0 Å². The van der Waals surface area contributed by atoms with Gasteiger partial charge >= 0.3 is 0 Å². The van der Waals surface area contributed by atoms with E-state index in [0.29, 0.717) is 23.8 Å². The molecule has 0 aromatic heterocycles. The van der Waals surface area contributed by atoms with Gasteiger partial charge in [0.05, 0.1) is 12.2 Å². The van der Waals surface area contributed by atoms with Crippen molar-refractivity contribution in [3.05, 3.63) is 29.3 Å². The maximum Gasteiger partial charge on any atom is 0.252 e. The third kappa shape index (κ3) is 4.93. The van der Waals surface area contributed by atoms with Crippen molar-refractivity contribution in [1.82, 2.24) is 0 Å². The minimum absolute atomic E-state index is 0.434. The molecular weight excluding hydrogens is 238 g/mol. The van der Waals surface area contributed by atoms with Crippen molar-refractivity contribution in [2.75, 3.05) is 6.61 Å². The monoisotopic (exact) mass is 263 g/mol. The third-order valence-electron chi connectivity index (χ3n) is 3.42. The molecule has 106 valence electrons. The molecule has 0 radical (unpaired) electrons. The average molecular weight is 263 g/mol. The fourth-order valence-electron chi connectivity index (χ4n) is 2.06. The maximum absolute atomic E-state index is 11.4. The zero-order valence-electron chi connectivity index (χ0n) is 12.2. The topological polar surface area (TPSA) is 52.3 Å². The lowest BCUT2D eigenvalue weighted by atomic mass is 10.0. The number of primary amides is 1. The van der Waals surface area contributed by atoms with Crippen molar-refractivity contribution < 1.29 is 9.53 Å². The number of carbonyl (C=O) groups excluding carboxylic acids is 1. The Hall–Kier alpha value is -1.51. The molecule has 1 amide bonds. The highest BCUT2D eigenvalue weighted by Gasteiger charge is 2.12. The predicted octanol–water partition coefficient (Wildman–Crippen LogP) is 3.69. The first-order valence-electron chi connectivity index (χ1n) is 7.11. The molecule has 1 rings (SSSR count). The van der Waals surface area contributed by atoms with Gasteiger partial charge in [0.15, 0.2) is 0 Å². The van der Waals surface area contributed by atoms with E-state index in [9.17, 15) is 4.79 Å². The Morgan fingerprint density at radius 3 is 2.68 bits per heavy atom. The first-order valence-corrected chi connectivity index (χ1v) is 7.11. The quantitative estimate of drug-likeness (QED) is 0.777. The Morgan fingerprint density at radius 2 is 2.11 bits per heavy atom. The SMILES string of the molecule is CCCCC(CC)COc1cc(C)ccc1C(N)=O. The van der Waals surface area contributed by atoms with Crippen LogP contribution in [0.25, 0.3) is 0 Å². The number of amides is 1. The van der Waals surface area contributed by atoms with Crippen LogP contribution in [-0.2, 0) is 0 Å². The fraction of sp³-hybridized carbons (Fsp3) is 0.562. The van der Waals surface area contributed by atoms with Gasteiger partial charge in [-0.25, -0.2) is 0 Å². The van der Waals surface area contributed by atoms with Crippen molar-refractivity contribution in [1.29, 1.82) is 0 Å². The number of benzene rings is 1. The predicted molar refractivity (Wildman–Crippen MR) is 78.5 cm³/mol. The summed E-state index contributed by atoms with van der Waals surface area (Å²) in [6.45, 7) is 7.00. The summed E-state index contributed by atoms with van der Waals surface area (Å²) in [6.07, 6.45) is 4.69. The summed E-state index contributed by atoms with van der Waals surface area (Å²) < 4.78 is 5.83. The average Bonchev–Trinajstić information content (AvgIpc) is 2.38. The van der Waals surface area contributed by atoms with Gasteiger partial charge in [0.1, 0.15) is 5.75 Å². The molecule has 0 aliphatic carbocycles. The van der Waals surface area contributed by atoms with Crippen LogP contribution in [0.4, 0.5) is 0 Å². The van der Waals surface area contributed by atoms with Crippen LogP contribution >= 0.6 is 0 Å². The van der Waals surface area contributed by atoms with Gasteiger partial charge in [-0.2, -0.15) is 0 Å². The summed E-state index contributed by atoms with van der Waals surface area (Å²) in [4.78, 5) is 11.4. The Balaban J connectivity index is 2.70. The van der Waals surface area contributed by atoms with Gasteiger partial charge in [-0.3, -0.25) is 4.79 Å².